The van der Waals surface area contributed by atoms with Crippen LogP contribution in [0.2, 0.25) is 10.0 Å². The molecule has 10 heteroatoms. The van der Waals surface area contributed by atoms with Crippen molar-refractivity contribution < 1.29 is 19.2 Å². The van der Waals surface area contributed by atoms with Crippen LogP contribution in [-0.2, 0) is 16.2 Å². The van der Waals surface area contributed by atoms with Crippen LogP contribution in [0.3, 0.4) is 0 Å². The SMILES string of the molecule is O=C1NN(c2ccccc2)C(=O)/C1=C\c1cc(Cl)cc([N+](=O)[O-])c1OCc1ccc(Cl)cc1. The second-order valence-electron chi connectivity index (χ2n) is 6.99. The van der Waals surface area contributed by atoms with E-state index in [1.807, 2.05) is 0 Å². The number of para-hydroxylation sites is 1. The Kier molecular flexibility index (Phi) is 6.30. The van der Waals surface area contributed by atoms with Crippen LogP contribution in [0.25, 0.3) is 6.08 Å². The number of anilines is 1. The summed E-state index contributed by atoms with van der Waals surface area (Å²) in [6.07, 6.45) is 1.23. The van der Waals surface area contributed by atoms with Gasteiger partial charge in [-0.1, -0.05) is 53.5 Å². The van der Waals surface area contributed by atoms with Crippen molar-refractivity contribution in [3.63, 3.8) is 0 Å². The number of ether oxygens (including phenoxy) is 1. The maximum absolute atomic E-state index is 12.9. The predicted octanol–water partition coefficient (Wildman–Crippen LogP) is 4.94. The van der Waals surface area contributed by atoms with Gasteiger partial charge in [-0.3, -0.25) is 25.1 Å². The van der Waals surface area contributed by atoms with Gasteiger partial charge in [0.1, 0.15) is 12.2 Å². The Morgan fingerprint density at radius 2 is 1.70 bits per heavy atom. The van der Waals surface area contributed by atoms with Crippen LogP contribution < -0.4 is 15.2 Å². The molecule has 0 spiro atoms. The number of halogens is 2. The van der Waals surface area contributed by atoms with Crippen molar-refractivity contribution in [2.75, 3.05) is 5.01 Å². The Balaban J connectivity index is 1.72. The molecule has 0 radical (unpaired) electrons. The number of hydrazine groups is 1. The first kappa shape index (κ1) is 22.3. The lowest BCUT2D eigenvalue weighted by molar-refractivity contribution is -0.385. The molecule has 3 aromatic carbocycles. The van der Waals surface area contributed by atoms with Crippen molar-refractivity contribution >= 4 is 52.5 Å². The summed E-state index contributed by atoms with van der Waals surface area (Å²) in [5.74, 6) is -1.39. The summed E-state index contributed by atoms with van der Waals surface area (Å²) in [6, 6.07) is 17.8. The Morgan fingerprint density at radius 1 is 1.00 bits per heavy atom. The first-order chi connectivity index (χ1) is 15.8. The van der Waals surface area contributed by atoms with Gasteiger partial charge in [0.2, 0.25) is 5.75 Å². The molecule has 0 unspecified atom stereocenters. The molecule has 1 aliphatic rings. The van der Waals surface area contributed by atoms with Crippen molar-refractivity contribution in [2.24, 2.45) is 0 Å². The highest BCUT2D eigenvalue weighted by Crippen LogP contribution is 2.37. The Hall–Kier alpha value is -3.88. The van der Waals surface area contributed by atoms with Gasteiger partial charge < -0.3 is 4.74 Å². The van der Waals surface area contributed by atoms with Crippen molar-refractivity contribution in [1.29, 1.82) is 0 Å². The van der Waals surface area contributed by atoms with Crippen LogP contribution in [0, 0.1) is 10.1 Å². The van der Waals surface area contributed by atoms with E-state index >= 15 is 0 Å². The van der Waals surface area contributed by atoms with E-state index in [1.165, 1.54) is 12.1 Å². The van der Waals surface area contributed by atoms with Crippen molar-refractivity contribution in [1.82, 2.24) is 5.43 Å². The molecule has 0 aliphatic carbocycles. The fraction of sp³-hybridized carbons (Fsp3) is 0.0435. The number of nitrogens with zero attached hydrogens (tertiary/aromatic N) is 2. The third-order valence-corrected chi connectivity index (χ3v) is 5.23. The molecule has 1 saturated heterocycles. The number of nitro groups is 1. The van der Waals surface area contributed by atoms with Gasteiger partial charge >= 0.3 is 5.69 Å². The number of hydrogen-bond acceptors (Lipinski definition) is 5. The van der Waals surface area contributed by atoms with Crippen LogP contribution in [-0.4, -0.2) is 16.7 Å². The highest BCUT2D eigenvalue weighted by molar-refractivity contribution is 6.33. The molecular weight excluding hydrogens is 469 g/mol. The fourth-order valence-corrected chi connectivity index (χ4v) is 3.55. The summed E-state index contributed by atoms with van der Waals surface area (Å²) in [5.41, 5.74) is 3.18. The number of rotatable bonds is 6. The molecule has 1 fully saturated rings. The standard InChI is InChI=1S/C23H15Cl2N3O5/c24-16-8-6-14(7-9-16)13-33-21-15(10-17(25)12-20(21)28(31)32)11-19-22(29)26-27(23(19)30)18-4-2-1-3-5-18/h1-12H,13H2,(H,26,29)/b19-11-. The molecular formula is C23H15Cl2N3O5. The topological polar surface area (TPSA) is 102 Å². The average Bonchev–Trinajstić information content (AvgIpc) is 3.08. The number of hydrogen-bond donors (Lipinski definition) is 1. The Labute approximate surface area is 198 Å². The van der Waals surface area contributed by atoms with E-state index in [-0.39, 0.29) is 28.5 Å². The number of carbonyl (C=O) groups excluding carboxylic acids is 2. The van der Waals surface area contributed by atoms with E-state index in [2.05, 4.69) is 5.43 Å². The van der Waals surface area contributed by atoms with E-state index in [1.54, 1.807) is 54.6 Å². The summed E-state index contributed by atoms with van der Waals surface area (Å²) in [6.45, 7) is -0.00784. The quantitative estimate of drug-likeness (QED) is 0.231. The number of nitrogens with one attached hydrogen (secondary N) is 1. The van der Waals surface area contributed by atoms with Crippen molar-refractivity contribution in [2.45, 2.75) is 6.61 Å². The summed E-state index contributed by atoms with van der Waals surface area (Å²) >= 11 is 12.0. The maximum atomic E-state index is 12.9. The maximum Gasteiger partial charge on any atom is 0.313 e. The lowest BCUT2D eigenvalue weighted by Gasteiger charge is -2.14. The number of amides is 2. The number of nitro benzene ring substituents is 1. The van der Waals surface area contributed by atoms with Gasteiger partial charge in [0.15, 0.2) is 0 Å². The number of carbonyl (C=O) groups is 2. The summed E-state index contributed by atoms with van der Waals surface area (Å²) in [5, 5.41) is 13.3. The molecule has 0 atom stereocenters. The molecule has 2 amide bonds. The van der Waals surface area contributed by atoms with E-state index in [0.717, 1.165) is 11.1 Å². The fourth-order valence-electron chi connectivity index (χ4n) is 3.21. The van der Waals surface area contributed by atoms with Crippen LogP contribution in [0.1, 0.15) is 11.1 Å². The molecule has 1 heterocycles. The van der Waals surface area contributed by atoms with Crippen LogP contribution in [0.5, 0.6) is 5.75 Å². The minimum Gasteiger partial charge on any atom is -0.482 e. The predicted molar refractivity (Wildman–Crippen MR) is 124 cm³/mol. The number of benzene rings is 3. The third kappa shape index (κ3) is 4.82. The zero-order valence-electron chi connectivity index (χ0n) is 16.8. The first-order valence-corrected chi connectivity index (χ1v) is 10.4. The van der Waals surface area contributed by atoms with Gasteiger partial charge in [-0.05, 0) is 42.0 Å². The lowest BCUT2D eigenvalue weighted by Crippen LogP contribution is -2.35. The minimum absolute atomic E-state index is 0.00784. The zero-order valence-corrected chi connectivity index (χ0v) is 18.3. The van der Waals surface area contributed by atoms with Crippen LogP contribution >= 0.6 is 23.2 Å². The Morgan fingerprint density at radius 3 is 2.36 bits per heavy atom. The molecule has 8 nitrogen and oxygen atoms in total. The lowest BCUT2D eigenvalue weighted by atomic mass is 10.1. The van der Waals surface area contributed by atoms with Gasteiger partial charge in [-0.25, -0.2) is 5.01 Å². The van der Waals surface area contributed by atoms with Gasteiger partial charge in [-0.2, -0.15) is 0 Å². The monoisotopic (exact) mass is 483 g/mol. The highest BCUT2D eigenvalue weighted by Gasteiger charge is 2.35. The van der Waals surface area contributed by atoms with Crippen molar-refractivity contribution in [3.05, 3.63) is 104 Å². The largest absolute Gasteiger partial charge is 0.482 e. The smallest absolute Gasteiger partial charge is 0.313 e. The van der Waals surface area contributed by atoms with Crippen molar-refractivity contribution in [3.8, 4) is 5.75 Å². The van der Waals surface area contributed by atoms with E-state index in [4.69, 9.17) is 27.9 Å². The van der Waals surface area contributed by atoms with Gasteiger partial charge in [0, 0.05) is 21.7 Å². The van der Waals surface area contributed by atoms with Crippen LogP contribution in [0.4, 0.5) is 11.4 Å². The molecule has 0 aromatic heterocycles. The van der Waals surface area contributed by atoms with Gasteiger partial charge in [0.25, 0.3) is 11.8 Å². The highest BCUT2D eigenvalue weighted by atomic mass is 35.5. The summed E-state index contributed by atoms with van der Waals surface area (Å²) in [7, 11) is 0. The normalized spacial score (nSPS) is 14.5. The summed E-state index contributed by atoms with van der Waals surface area (Å²) in [4.78, 5) is 36.5. The molecule has 0 saturated carbocycles. The molecule has 1 N–H and O–H groups in total. The van der Waals surface area contributed by atoms with Crippen LogP contribution in [0.15, 0.2) is 72.3 Å². The molecule has 4 rings (SSSR count). The Bertz CT molecular complexity index is 1280. The zero-order chi connectivity index (χ0) is 23.5. The van der Waals surface area contributed by atoms with E-state index < -0.39 is 22.4 Å². The van der Waals surface area contributed by atoms with E-state index in [0.29, 0.717) is 16.3 Å². The van der Waals surface area contributed by atoms with Gasteiger partial charge in [0.05, 0.1) is 10.6 Å². The second kappa shape index (κ2) is 9.32. The summed E-state index contributed by atoms with van der Waals surface area (Å²) < 4.78 is 5.76. The third-order valence-electron chi connectivity index (χ3n) is 4.76. The molecule has 0 bridgehead atoms. The molecule has 33 heavy (non-hydrogen) atoms. The average molecular weight is 484 g/mol. The molecule has 3 aromatic rings. The molecule has 1 aliphatic heterocycles. The molecule has 166 valence electrons. The first-order valence-electron chi connectivity index (χ1n) is 9.61. The van der Waals surface area contributed by atoms with Gasteiger partial charge in [-0.15, -0.1) is 0 Å². The van der Waals surface area contributed by atoms with E-state index in [9.17, 15) is 19.7 Å². The second-order valence-corrected chi connectivity index (χ2v) is 7.86. The minimum atomic E-state index is -0.657.